The van der Waals surface area contributed by atoms with Crippen molar-refractivity contribution in [2.75, 3.05) is 0 Å². The normalized spacial score (nSPS) is 12.7. The Labute approximate surface area is 352 Å². The van der Waals surface area contributed by atoms with Crippen molar-refractivity contribution in [2.45, 2.75) is 12.8 Å². The molecule has 0 atom stereocenters. The minimum absolute atomic E-state index is 0.971. The van der Waals surface area contributed by atoms with Crippen LogP contribution in [0.4, 0.5) is 0 Å². The van der Waals surface area contributed by atoms with E-state index in [0.29, 0.717) is 0 Å². The lowest BCUT2D eigenvalue weighted by molar-refractivity contribution is 0.596. The number of hydrogen-bond donors (Lipinski definition) is 0. The van der Waals surface area contributed by atoms with Gasteiger partial charge in [0.1, 0.15) is 11.3 Å². The van der Waals surface area contributed by atoms with Crippen molar-refractivity contribution < 1.29 is 4.42 Å². The molecule has 0 fully saturated rings. The Bertz CT molecular complexity index is 3750. The highest BCUT2D eigenvalue weighted by Crippen LogP contribution is 2.42. The number of fused-ring (bicyclic) bond motifs is 10. The second kappa shape index (κ2) is 13.3. The molecule has 3 aromatic heterocycles. The molecule has 0 radical (unpaired) electrons. The summed E-state index contributed by atoms with van der Waals surface area (Å²) in [6.07, 6.45) is 6.42. The number of rotatable bonds is 5. The van der Waals surface area contributed by atoms with Crippen LogP contribution in [-0.4, -0.2) is 9.13 Å². The van der Waals surface area contributed by atoms with Gasteiger partial charge in [-0.1, -0.05) is 140 Å². The molecule has 0 aliphatic heterocycles. The first kappa shape index (κ1) is 34.0. The number of furan rings is 1. The van der Waals surface area contributed by atoms with E-state index in [1.165, 1.54) is 93.3 Å². The van der Waals surface area contributed by atoms with Crippen LogP contribution in [0.25, 0.3) is 116 Å². The highest BCUT2D eigenvalue weighted by atomic mass is 16.3. The van der Waals surface area contributed by atoms with Crippen LogP contribution in [0.15, 0.2) is 205 Å². The number of aryl methyl sites for hydroxylation is 1. The predicted molar refractivity (Wildman–Crippen MR) is 256 cm³/mol. The second-order valence-corrected chi connectivity index (χ2v) is 16.4. The summed E-state index contributed by atoms with van der Waals surface area (Å²) >= 11 is 0. The molecule has 1 aliphatic carbocycles. The number of benzene rings is 9. The van der Waals surface area contributed by atoms with Crippen molar-refractivity contribution in [1.29, 1.82) is 0 Å². The molecular formula is C58H38N2O. The third kappa shape index (κ3) is 5.30. The molecule has 0 amide bonds. The third-order valence-electron chi connectivity index (χ3n) is 13.0. The van der Waals surface area contributed by atoms with Gasteiger partial charge in [0.2, 0.25) is 0 Å². The standard InChI is InChI=1S/C58H38N2O/c1-2-13-44(14-3-1)59-54-31-27-42(35-52(54)48-30-26-43(36-56(48)59)46-17-10-18-50-49-16-7-9-20-57(49)61-58(46)50)39-23-21-38(22-24-39)41-28-32-55-51(34-41)47-15-6-8-19-53(47)60(55)45-29-25-37-11-4-5-12-40(37)33-45/h1-6,8-15,17-36H,7,16H2. The lowest BCUT2D eigenvalue weighted by atomic mass is 9.97. The second-order valence-electron chi connectivity index (χ2n) is 16.4. The first-order chi connectivity index (χ1) is 30.2. The molecular weight excluding hydrogens is 741 g/mol. The SMILES string of the molecule is C1=Cc2oc3c(-c4ccc5c6cc(-c7ccc(-c8ccc9c(c8)c8ccccc8n9-c8ccc9ccccc9c8)cc7)ccc6n(-c6ccccc6)c5c4)cccc3c2CC1. The molecule has 3 heterocycles. The molecule has 286 valence electrons. The maximum Gasteiger partial charge on any atom is 0.142 e. The molecule has 0 bridgehead atoms. The summed E-state index contributed by atoms with van der Waals surface area (Å²) in [4.78, 5) is 0. The molecule has 0 unspecified atom stereocenters. The molecule has 61 heavy (non-hydrogen) atoms. The summed E-state index contributed by atoms with van der Waals surface area (Å²) in [5.41, 5.74) is 16.5. The highest BCUT2D eigenvalue weighted by Gasteiger charge is 2.20. The summed E-state index contributed by atoms with van der Waals surface area (Å²) in [6, 6.07) is 71.2. The fourth-order valence-electron chi connectivity index (χ4n) is 10.1. The van der Waals surface area contributed by atoms with Crippen LogP contribution in [0.1, 0.15) is 17.7 Å². The van der Waals surface area contributed by atoms with Crippen molar-refractivity contribution >= 4 is 71.4 Å². The van der Waals surface area contributed by atoms with Crippen LogP contribution in [0.5, 0.6) is 0 Å². The monoisotopic (exact) mass is 778 g/mol. The minimum Gasteiger partial charge on any atom is -0.456 e. The van der Waals surface area contributed by atoms with Gasteiger partial charge in [-0.3, -0.25) is 0 Å². The van der Waals surface area contributed by atoms with Crippen LogP contribution in [0.3, 0.4) is 0 Å². The van der Waals surface area contributed by atoms with Gasteiger partial charge in [0.05, 0.1) is 22.1 Å². The van der Waals surface area contributed by atoms with E-state index >= 15 is 0 Å². The first-order valence-corrected chi connectivity index (χ1v) is 21.2. The van der Waals surface area contributed by atoms with E-state index in [9.17, 15) is 0 Å². The van der Waals surface area contributed by atoms with E-state index < -0.39 is 0 Å². The third-order valence-corrected chi connectivity index (χ3v) is 13.0. The molecule has 13 rings (SSSR count). The Hall–Kier alpha value is -7.88. The Morgan fingerprint density at radius 1 is 0.377 bits per heavy atom. The summed E-state index contributed by atoms with van der Waals surface area (Å²) in [5, 5.41) is 8.69. The first-order valence-electron chi connectivity index (χ1n) is 21.2. The van der Waals surface area contributed by atoms with Gasteiger partial charge in [0.15, 0.2) is 0 Å². The van der Waals surface area contributed by atoms with Gasteiger partial charge in [-0.2, -0.15) is 0 Å². The maximum atomic E-state index is 6.53. The van der Waals surface area contributed by atoms with E-state index in [0.717, 1.165) is 41.0 Å². The van der Waals surface area contributed by atoms with Crippen LogP contribution in [0, 0.1) is 0 Å². The van der Waals surface area contributed by atoms with Crippen LogP contribution in [0.2, 0.25) is 0 Å². The maximum absolute atomic E-state index is 6.53. The Morgan fingerprint density at radius 3 is 1.79 bits per heavy atom. The fourth-order valence-corrected chi connectivity index (χ4v) is 10.1. The van der Waals surface area contributed by atoms with Gasteiger partial charge in [-0.25, -0.2) is 0 Å². The highest BCUT2D eigenvalue weighted by molar-refractivity contribution is 6.13. The molecule has 0 saturated carbocycles. The minimum atomic E-state index is 0.971. The number of aromatic nitrogens is 2. The van der Waals surface area contributed by atoms with Gasteiger partial charge in [0, 0.05) is 49.4 Å². The zero-order chi connectivity index (χ0) is 40.0. The zero-order valence-corrected chi connectivity index (χ0v) is 33.3. The van der Waals surface area contributed by atoms with Gasteiger partial charge >= 0.3 is 0 Å². The van der Waals surface area contributed by atoms with Crippen molar-refractivity contribution in [3.05, 3.63) is 212 Å². The lowest BCUT2D eigenvalue weighted by Gasteiger charge is -2.10. The van der Waals surface area contributed by atoms with Crippen molar-refractivity contribution in [2.24, 2.45) is 0 Å². The van der Waals surface area contributed by atoms with E-state index in [2.05, 4.69) is 215 Å². The number of para-hydroxylation sites is 3. The topological polar surface area (TPSA) is 23.0 Å². The van der Waals surface area contributed by atoms with Crippen LogP contribution in [-0.2, 0) is 6.42 Å². The molecule has 0 N–H and O–H groups in total. The zero-order valence-electron chi connectivity index (χ0n) is 33.3. The molecule has 12 aromatic rings. The molecule has 3 nitrogen and oxygen atoms in total. The van der Waals surface area contributed by atoms with E-state index in [4.69, 9.17) is 4.42 Å². The summed E-state index contributed by atoms with van der Waals surface area (Å²) in [5.74, 6) is 0.996. The van der Waals surface area contributed by atoms with Crippen molar-refractivity contribution in [1.82, 2.24) is 9.13 Å². The molecule has 0 saturated heterocycles. The Balaban J connectivity index is 0.895. The summed E-state index contributed by atoms with van der Waals surface area (Å²) in [7, 11) is 0. The van der Waals surface area contributed by atoms with Gasteiger partial charge in [-0.15, -0.1) is 0 Å². The predicted octanol–water partition coefficient (Wildman–Crippen LogP) is 15.7. The van der Waals surface area contributed by atoms with Crippen molar-refractivity contribution in [3.63, 3.8) is 0 Å². The smallest absolute Gasteiger partial charge is 0.142 e. The molecule has 3 heteroatoms. The molecule has 1 aliphatic rings. The van der Waals surface area contributed by atoms with Crippen molar-refractivity contribution in [3.8, 4) is 44.8 Å². The molecule has 0 spiro atoms. The average molecular weight is 779 g/mol. The molecule has 9 aromatic carbocycles. The Morgan fingerprint density at radius 2 is 1.00 bits per heavy atom. The number of nitrogens with zero attached hydrogens (tertiary/aromatic N) is 2. The van der Waals surface area contributed by atoms with Gasteiger partial charge in [-0.05, 0) is 118 Å². The Kier molecular flexibility index (Phi) is 7.43. The fraction of sp³-hybridized carbons (Fsp3) is 0.0345. The largest absolute Gasteiger partial charge is 0.456 e. The van der Waals surface area contributed by atoms with E-state index in [1.54, 1.807) is 0 Å². The summed E-state index contributed by atoms with van der Waals surface area (Å²) in [6.45, 7) is 0. The van der Waals surface area contributed by atoms with Crippen LogP contribution < -0.4 is 0 Å². The summed E-state index contributed by atoms with van der Waals surface area (Å²) < 4.78 is 11.3. The quantitative estimate of drug-likeness (QED) is 0.171. The number of allylic oxidation sites excluding steroid dienone is 1. The number of hydrogen-bond acceptors (Lipinski definition) is 1. The van der Waals surface area contributed by atoms with E-state index in [1.807, 2.05) is 0 Å². The lowest BCUT2D eigenvalue weighted by Crippen LogP contribution is -1.93. The van der Waals surface area contributed by atoms with Crippen LogP contribution >= 0.6 is 0 Å². The van der Waals surface area contributed by atoms with Gasteiger partial charge in [0.25, 0.3) is 0 Å². The van der Waals surface area contributed by atoms with Gasteiger partial charge < -0.3 is 13.6 Å². The average Bonchev–Trinajstić information content (AvgIpc) is 3.99. The van der Waals surface area contributed by atoms with E-state index in [-0.39, 0.29) is 0 Å².